The number of carbonyl (C=O) groups excluding carboxylic acids is 2. The molecule has 1 amide bonds. The number of nitrogens with zero attached hydrogens (tertiary/aromatic N) is 1. The average Bonchev–Trinajstić information content (AvgIpc) is 2.86. The predicted molar refractivity (Wildman–Crippen MR) is 83.4 cm³/mol. The molecule has 5 aliphatic rings. The van der Waals surface area contributed by atoms with Gasteiger partial charge in [0.25, 0.3) is 0 Å². The first-order chi connectivity index (χ1) is 11.0. The van der Waals surface area contributed by atoms with Gasteiger partial charge in [-0.25, -0.2) is 4.79 Å². The minimum absolute atomic E-state index is 0.0406. The van der Waals surface area contributed by atoms with Crippen molar-refractivity contribution in [2.24, 2.45) is 23.2 Å². The Balaban J connectivity index is 1.48. The molecule has 5 heteroatoms. The second-order valence-corrected chi connectivity index (χ2v) is 8.57. The maximum atomic E-state index is 12.9. The molecule has 1 aliphatic heterocycles. The molecule has 4 saturated carbocycles. The molecule has 4 aliphatic carbocycles. The zero-order chi connectivity index (χ0) is 16.2. The minimum Gasteiger partial charge on any atom is -0.467 e. The van der Waals surface area contributed by atoms with E-state index in [9.17, 15) is 14.7 Å². The highest BCUT2D eigenvalue weighted by Crippen LogP contribution is 2.61. The van der Waals surface area contributed by atoms with Gasteiger partial charge < -0.3 is 14.7 Å². The Hall–Kier alpha value is -1.10. The highest BCUT2D eigenvalue weighted by molar-refractivity contribution is 5.85. The van der Waals surface area contributed by atoms with E-state index in [2.05, 4.69) is 0 Å². The largest absolute Gasteiger partial charge is 0.467 e. The molecule has 0 radical (unpaired) electrons. The maximum absolute atomic E-state index is 12.9. The van der Waals surface area contributed by atoms with Crippen LogP contribution in [0.3, 0.4) is 0 Å². The Kier molecular flexibility index (Phi) is 3.67. The van der Waals surface area contributed by atoms with Gasteiger partial charge in [-0.3, -0.25) is 4.79 Å². The van der Waals surface area contributed by atoms with Crippen molar-refractivity contribution in [3.05, 3.63) is 0 Å². The number of esters is 1. The second kappa shape index (κ2) is 5.47. The van der Waals surface area contributed by atoms with Gasteiger partial charge in [-0.2, -0.15) is 0 Å². The van der Waals surface area contributed by atoms with Crippen LogP contribution in [-0.2, 0) is 14.3 Å². The summed E-state index contributed by atoms with van der Waals surface area (Å²) in [6.07, 6.45) is 7.88. The van der Waals surface area contributed by atoms with Crippen molar-refractivity contribution in [3.8, 4) is 0 Å². The van der Waals surface area contributed by atoms with E-state index in [-0.39, 0.29) is 17.9 Å². The third-order valence-electron chi connectivity index (χ3n) is 6.76. The molecule has 2 atom stereocenters. The molecule has 5 fully saturated rings. The van der Waals surface area contributed by atoms with Gasteiger partial charge in [-0.15, -0.1) is 0 Å². The Morgan fingerprint density at radius 2 is 1.65 bits per heavy atom. The lowest BCUT2D eigenvalue weighted by molar-refractivity contribution is -0.153. The SMILES string of the molecule is COC(=O)[C@H]1C[C@@H](O)CN1C(=O)CC12CC3CC(CC(C3)C1)C2. The van der Waals surface area contributed by atoms with E-state index in [0.717, 1.165) is 17.8 Å². The van der Waals surface area contributed by atoms with E-state index in [0.29, 0.717) is 12.8 Å². The molecule has 5 rings (SSSR count). The highest BCUT2D eigenvalue weighted by atomic mass is 16.5. The molecule has 1 heterocycles. The molecule has 5 nitrogen and oxygen atoms in total. The summed E-state index contributed by atoms with van der Waals surface area (Å²) >= 11 is 0. The van der Waals surface area contributed by atoms with E-state index in [1.54, 1.807) is 4.90 Å². The number of hydrogen-bond donors (Lipinski definition) is 1. The zero-order valence-electron chi connectivity index (χ0n) is 13.9. The van der Waals surface area contributed by atoms with Crippen molar-refractivity contribution in [1.82, 2.24) is 4.90 Å². The fraction of sp³-hybridized carbons (Fsp3) is 0.889. The molecule has 23 heavy (non-hydrogen) atoms. The van der Waals surface area contributed by atoms with E-state index in [1.807, 2.05) is 0 Å². The Morgan fingerprint density at radius 3 is 2.17 bits per heavy atom. The zero-order valence-corrected chi connectivity index (χ0v) is 13.9. The molecule has 0 aromatic carbocycles. The van der Waals surface area contributed by atoms with Crippen LogP contribution in [0.1, 0.15) is 51.4 Å². The molecule has 1 saturated heterocycles. The van der Waals surface area contributed by atoms with Crippen molar-refractivity contribution in [1.29, 1.82) is 0 Å². The number of likely N-dealkylation sites (tertiary alicyclic amines) is 1. The summed E-state index contributed by atoms with van der Waals surface area (Å²) in [5.74, 6) is 2.08. The van der Waals surface area contributed by atoms with E-state index in [4.69, 9.17) is 4.74 Å². The van der Waals surface area contributed by atoms with Crippen molar-refractivity contribution < 1.29 is 19.4 Å². The van der Waals surface area contributed by atoms with Crippen LogP contribution in [0.4, 0.5) is 0 Å². The van der Waals surface area contributed by atoms with Gasteiger partial charge in [0, 0.05) is 19.4 Å². The number of β-amino-alcohol motifs (C(OH)–C–C–N with tert-alkyl or cyclic N) is 1. The van der Waals surface area contributed by atoms with E-state index in [1.165, 1.54) is 45.6 Å². The summed E-state index contributed by atoms with van der Waals surface area (Å²) in [6, 6.07) is -0.601. The van der Waals surface area contributed by atoms with Gasteiger partial charge in [0.15, 0.2) is 0 Å². The molecule has 0 spiro atoms. The topological polar surface area (TPSA) is 66.8 Å². The molecule has 1 N–H and O–H groups in total. The predicted octanol–water partition coefficient (Wildman–Crippen LogP) is 1.73. The van der Waals surface area contributed by atoms with E-state index >= 15 is 0 Å². The van der Waals surface area contributed by atoms with E-state index < -0.39 is 18.1 Å². The Morgan fingerprint density at radius 1 is 1.09 bits per heavy atom. The van der Waals surface area contributed by atoms with Gasteiger partial charge in [0.05, 0.1) is 13.2 Å². The number of methoxy groups -OCH3 is 1. The van der Waals surface area contributed by atoms with Crippen LogP contribution in [-0.4, -0.2) is 47.7 Å². The fourth-order valence-corrected chi connectivity index (χ4v) is 6.38. The summed E-state index contributed by atoms with van der Waals surface area (Å²) in [4.78, 5) is 26.4. The van der Waals surface area contributed by atoms with Crippen LogP contribution in [0.2, 0.25) is 0 Å². The molecule has 128 valence electrons. The quantitative estimate of drug-likeness (QED) is 0.804. The molecule has 0 aromatic rings. The second-order valence-electron chi connectivity index (χ2n) is 8.57. The number of hydrogen-bond acceptors (Lipinski definition) is 4. The summed E-state index contributed by atoms with van der Waals surface area (Å²) in [5, 5.41) is 9.89. The monoisotopic (exact) mass is 321 g/mol. The first-order valence-electron chi connectivity index (χ1n) is 9.03. The van der Waals surface area contributed by atoms with Crippen LogP contribution in [0.25, 0.3) is 0 Å². The average molecular weight is 321 g/mol. The normalized spacial score (nSPS) is 44.6. The van der Waals surface area contributed by atoms with Crippen molar-refractivity contribution >= 4 is 11.9 Å². The standard InChI is InChI=1S/C18H27NO4/c1-23-17(22)15-5-14(20)10-19(15)16(21)9-18-6-11-2-12(7-18)4-13(3-11)8-18/h11-15,20H,2-10H2,1H3/t11?,12?,13?,14-,15-,18?/m1/s1. The minimum atomic E-state index is -0.612. The molecular weight excluding hydrogens is 294 g/mol. The lowest BCUT2D eigenvalue weighted by Gasteiger charge is -2.57. The first kappa shape index (κ1) is 15.4. The number of carbonyl (C=O) groups is 2. The van der Waals surface area contributed by atoms with Gasteiger partial charge in [0.1, 0.15) is 6.04 Å². The number of aliphatic hydroxyl groups excluding tert-OH is 1. The van der Waals surface area contributed by atoms with Crippen molar-refractivity contribution in [2.45, 2.75) is 63.5 Å². The molecule has 0 unspecified atom stereocenters. The first-order valence-corrected chi connectivity index (χ1v) is 9.03. The molecule has 0 aromatic heterocycles. The number of amides is 1. The third kappa shape index (κ3) is 2.67. The van der Waals surface area contributed by atoms with Gasteiger partial charge >= 0.3 is 5.97 Å². The Bertz CT molecular complexity index is 482. The van der Waals surface area contributed by atoms with Gasteiger partial charge in [-0.1, -0.05) is 0 Å². The lowest BCUT2D eigenvalue weighted by atomic mass is 9.49. The number of ether oxygens (including phenoxy) is 1. The van der Waals surface area contributed by atoms with Crippen LogP contribution >= 0.6 is 0 Å². The fourth-order valence-electron chi connectivity index (χ4n) is 6.38. The summed E-state index contributed by atoms with van der Waals surface area (Å²) in [7, 11) is 1.34. The van der Waals surface area contributed by atoms with Gasteiger partial charge in [-0.05, 0) is 61.7 Å². The summed E-state index contributed by atoms with van der Waals surface area (Å²) in [6.45, 7) is 0.269. The van der Waals surface area contributed by atoms with Crippen LogP contribution in [0, 0.1) is 23.2 Å². The third-order valence-corrected chi connectivity index (χ3v) is 6.76. The summed E-state index contributed by atoms with van der Waals surface area (Å²) < 4.78 is 4.81. The van der Waals surface area contributed by atoms with Crippen molar-refractivity contribution in [2.75, 3.05) is 13.7 Å². The van der Waals surface area contributed by atoms with Gasteiger partial charge in [0.2, 0.25) is 5.91 Å². The Labute approximate surface area is 137 Å². The maximum Gasteiger partial charge on any atom is 0.328 e. The van der Waals surface area contributed by atoms with Crippen LogP contribution in [0.15, 0.2) is 0 Å². The molecular formula is C18H27NO4. The molecule has 4 bridgehead atoms. The smallest absolute Gasteiger partial charge is 0.328 e. The van der Waals surface area contributed by atoms with Crippen LogP contribution < -0.4 is 0 Å². The highest BCUT2D eigenvalue weighted by Gasteiger charge is 2.52. The lowest BCUT2D eigenvalue weighted by Crippen LogP contribution is -2.49. The van der Waals surface area contributed by atoms with Crippen LogP contribution in [0.5, 0.6) is 0 Å². The number of aliphatic hydroxyl groups is 1. The summed E-state index contributed by atoms with van der Waals surface area (Å²) in [5.41, 5.74) is 0.167. The van der Waals surface area contributed by atoms with Crippen molar-refractivity contribution in [3.63, 3.8) is 0 Å². The number of rotatable bonds is 3.